The van der Waals surface area contributed by atoms with Crippen molar-refractivity contribution in [1.82, 2.24) is 4.90 Å². The number of benzene rings is 2. The first-order chi connectivity index (χ1) is 14.9. The van der Waals surface area contributed by atoms with Crippen LogP contribution in [-0.2, 0) is 9.59 Å². The van der Waals surface area contributed by atoms with E-state index in [0.717, 1.165) is 17.7 Å². The molecular formula is C23H21N3O5. The molecule has 2 aromatic carbocycles. The molecule has 0 radical (unpaired) electrons. The van der Waals surface area contributed by atoms with Gasteiger partial charge < -0.3 is 0 Å². The van der Waals surface area contributed by atoms with Gasteiger partial charge in [0.1, 0.15) is 0 Å². The SMILES string of the molecule is Cc1ccc([N+](=O)[O-])cc1N1C(=O)[C@@H]2[C@H](C1=O)[C@H](C(=O)c1ccccc1)N1CCC[C@@H]21. The topological polar surface area (TPSA) is 101 Å². The van der Waals surface area contributed by atoms with Gasteiger partial charge in [-0.1, -0.05) is 36.4 Å². The highest BCUT2D eigenvalue weighted by atomic mass is 16.6. The number of rotatable bonds is 4. The molecule has 0 bridgehead atoms. The zero-order valence-electron chi connectivity index (χ0n) is 16.9. The summed E-state index contributed by atoms with van der Waals surface area (Å²) in [7, 11) is 0. The van der Waals surface area contributed by atoms with Crippen LogP contribution in [0.5, 0.6) is 0 Å². The number of nitro groups is 1. The Kier molecular flexibility index (Phi) is 4.48. The van der Waals surface area contributed by atoms with E-state index in [1.807, 2.05) is 11.0 Å². The molecule has 4 atom stereocenters. The third-order valence-electron chi connectivity index (χ3n) is 6.82. The number of ketones is 1. The molecule has 0 aliphatic carbocycles. The first-order valence-electron chi connectivity index (χ1n) is 10.4. The number of aryl methyl sites for hydroxylation is 1. The van der Waals surface area contributed by atoms with E-state index in [4.69, 9.17) is 0 Å². The van der Waals surface area contributed by atoms with Gasteiger partial charge in [-0.05, 0) is 31.9 Å². The van der Waals surface area contributed by atoms with Crippen molar-refractivity contribution in [3.05, 3.63) is 69.8 Å². The van der Waals surface area contributed by atoms with E-state index in [1.54, 1.807) is 31.2 Å². The second-order valence-corrected chi connectivity index (χ2v) is 8.41. The summed E-state index contributed by atoms with van der Waals surface area (Å²) in [6.45, 7) is 2.39. The highest BCUT2D eigenvalue weighted by Gasteiger charge is 2.64. The standard InChI is InChI=1S/C23H21N3O5/c1-13-9-10-15(26(30)31)12-17(13)25-22(28)18-16-8-5-11-24(16)20(19(18)23(25)29)21(27)14-6-3-2-4-7-14/h2-4,6-7,9-10,12,16,18-20H,5,8,11H2,1H3/t16-,18-,19-,20+/m0/s1. The summed E-state index contributed by atoms with van der Waals surface area (Å²) in [5, 5.41) is 11.3. The smallest absolute Gasteiger partial charge is 0.271 e. The van der Waals surface area contributed by atoms with Gasteiger partial charge in [-0.25, -0.2) is 4.90 Å². The average Bonchev–Trinajstić information content (AvgIpc) is 3.41. The van der Waals surface area contributed by atoms with Crippen molar-refractivity contribution in [2.24, 2.45) is 11.8 Å². The third kappa shape index (κ3) is 2.82. The van der Waals surface area contributed by atoms with Crippen molar-refractivity contribution in [3.8, 4) is 0 Å². The van der Waals surface area contributed by atoms with Gasteiger partial charge in [-0.15, -0.1) is 0 Å². The molecule has 158 valence electrons. The number of hydrogen-bond acceptors (Lipinski definition) is 6. The first-order valence-corrected chi connectivity index (χ1v) is 10.4. The first kappa shape index (κ1) is 19.6. The zero-order valence-corrected chi connectivity index (χ0v) is 16.9. The summed E-state index contributed by atoms with van der Waals surface area (Å²) in [6.07, 6.45) is 1.62. The van der Waals surface area contributed by atoms with Crippen LogP contribution in [0.3, 0.4) is 0 Å². The van der Waals surface area contributed by atoms with Crippen molar-refractivity contribution in [3.63, 3.8) is 0 Å². The molecule has 8 nitrogen and oxygen atoms in total. The van der Waals surface area contributed by atoms with Crippen LogP contribution in [0.25, 0.3) is 0 Å². The molecule has 3 aliphatic rings. The van der Waals surface area contributed by atoms with Crippen molar-refractivity contribution >= 4 is 29.0 Å². The predicted molar refractivity (Wildman–Crippen MR) is 112 cm³/mol. The van der Waals surface area contributed by atoms with E-state index >= 15 is 0 Å². The number of carbonyl (C=O) groups is 3. The molecule has 0 spiro atoms. The lowest BCUT2D eigenvalue weighted by molar-refractivity contribution is -0.384. The van der Waals surface area contributed by atoms with E-state index in [2.05, 4.69) is 0 Å². The van der Waals surface area contributed by atoms with Gasteiger partial charge in [0.15, 0.2) is 5.78 Å². The number of anilines is 1. The summed E-state index contributed by atoms with van der Waals surface area (Å²) in [5.74, 6) is -2.34. The fourth-order valence-corrected chi connectivity index (χ4v) is 5.48. The number of nitro benzene ring substituents is 1. The number of amides is 2. The van der Waals surface area contributed by atoms with Crippen LogP contribution in [-0.4, -0.2) is 46.0 Å². The highest BCUT2D eigenvalue weighted by Crippen LogP contribution is 2.49. The molecule has 0 aromatic heterocycles. The number of carbonyl (C=O) groups excluding carboxylic acids is 3. The lowest BCUT2D eigenvalue weighted by Crippen LogP contribution is -2.46. The Hall–Kier alpha value is -3.39. The minimum atomic E-state index is -0.774. The number of Topliss-reactive ketones (excluding diaryl/α,β-unsaturated/α-hetero) is 1. The molecule has 3 fully saturated rings. The Labute approximate surface area is 178 Å². The summed E-state index contributed by atoms with van der Waals surface area (Å²) in [5.41, 5.74) is 1.16. The average molecular weight is 419 g/mol. The van der Waals surface area contributed by atoms with Gasteiger partial charge in [-0.2, -0.15) is 0 Å². The predicted octanol–water partition coefficient (Wildman–Crippen LogP) is 2.74. The lowest BCUT2D eigenvalue weighted by atomic mass is 9.85. The Morgan fingerprint density at radius 3 is 2.48 bits per heavy atom. The van der Waals surface area contributed by atoms with Crippen LogP contribution in [0.15, 0.2) is 48.5 Å². The van der Waals surface area contributed by atoms with Gasteiger partial charge in [0.05, 0.1) is 28.5 Å². The van der Waals surface area contributed by atoms with Gasteiger partial charge in [0.2, 0.25) is 11.8 Å². The maximum absolute atomic E-state index is 13.6. The maximum atomic E-state index is 13.6. The Bertz CT molecular complexity index is 1120. The van der Waals surface area contributed by atoms with E-state index in [1.165, 1.54) is 18.2 Å². The van der Waals surface area contributed by atoms with Crippen LogP contribution in [0, 0.1) is 28.9 Å². The summed E-state index contributed by atoms with van der Waals surface area (Å²) in [6, 6.07) is 12.1. The Balaban J connectivity index is 1.58. The zero-order chi connectivity index (χ0) is 21.9. The van der Waals surface area contributed by atoms with Crippen molar-refractivity contribution < 1.29 is 19.3 Å². The number of nitrogens with zero attached hydrogens (tertiary/aromatic N) is 3. The molecule has 3 saturated heterocycles. The quantitative estimate of drug-likeness (QED) is 0.327. The molecule has 3 heterocycles. The number of hydrogen-bond donors (Lipinski definition) is 0. The molecule has 3 aliphatic heterocycles. The lowest BCUT2D eigenvalue weighted by Gasteiger charge is -2.28. The van der Waals surface area contributed by atoms with Gasteiger partial charge in [0.25, 0.3) is 5.69 Å². The van der Waals surface area contributed by atoms with Crippen molar-refractivity contribution in [2.75, 3.05) is 11.4 Å². The van der Waals surface area contributed by atoms with Gasteiger partial charge in [-0.3, -0.25) is 29.4 Å². The van der Waals surface area contributed by atoms with Crippen molar-refractivity contribution in [2.45, 2.75) is 31.8 Å². The Morgan fingerprint density at radius 1 is 1.06 bits per heavy atom. The van der Waals surface area contributed by atoms with Crippen LogP contribution < -0.4 is 4.90 Å². The monoisotopic (exact) mass is 419 g/mol. The van der Waals surface area contributed by atoms with E-state index in [9.17, 15) is 24.5 Å². The molecule has 2 aromatic rings. The molecular weight excluding hydrogens is 398 g/mol. The van der Waals surface area contributed by atoms with Crippen LogP contribution in [0.4, 0.5) is 11.4 Å². The second kappa shape index (κ2) is 7.09. The molecule has 5 rings (SSSR count). The summed E-state index contributed by atoms with van der Waals surface area (Å²) < 4.78 is 0. The maximum Gasteiger partial charge on any atom is 0.271 e. The summed E-state index contributed by atoms with van der Waals surface area (Å²) in [4.78, 5) is 54.3. The van der Waals surface area contributed by atoms with E-state index in [0.29, 0.717) is 17.7 Å². The van der Waals surface area contributed by atoms with Gasteiger partial charge in [0, 0.05) is 23.7 Å². The number of imide groups is 1. The molecule has 0 N–H and O–H groups in total. The van der Waals surface area contributed by atoms with E-state index < -0.39 is 28.7 Å². The number of fused-ring (bicyclic) bond motifs is 3. The van der Waals surface area contributed by atoms with E-state index in [-0.39, 0.29) is 29.1 Å². The van der Waals surface area contributed by atoms with Crippen LogP contribution in [0.1, 0.15) is 28.8 Å². The minimum Gasteiger partial charge on any atom is -0.292 e. The molecule has 2 amide bonds. The summed E-state index contributed by atoms with van der Waals surface area (Å²) >= 11 is 0. The van der Waals surface area contributed by atoms with Gasteiger partial charge >= 0.3 is 0 Å². The molecule has 0 saturated carbocycles. The second-order valence-electron chi connectivity index (χ2n) is 8.41. The number of non-ortho nitro benzene ring substituents is 1. The van der Waals surface area contributed by atoms with Crippen molar-refractivity contribution in [1.29, 1.82) is 0 Å². The highest BCUT2D eigenvalue weighted by molar-refractivity contribution is 6.25. The van der Waals surface area contributed by atoms with Crippen LogP contribution in [0.2, 0.25) is 0 Å². The fourth-order valence-electron chi connectivity index (χ4n) is 5.48. The third-order valence-corrected chi connectivity index (χ3v) is 6.82. The molecule has 8 heteroatoms. The molecule has 0 unspecified atom stereocenters. The Morgan fingerprint density at radius 2 is 1.77 bits per heavy atom. The fraction of sp³-hybridized carbons (Fsp3) is 0.348. The van der Waals surface area contributed by atoms with Crippen LogP contribution >= 0.6 is 0 Å². The largest absolute Gasteiger partial charge is 0.292 e. The normalized spacial score (nSPS) is 27.5. The molecule has 31 heavy (non-hydrogen) atoms. The minimum absolute atomic E-state index is 0.154.